The van der Waals surface area contributed by atoms with Crippen molar-refractivity contribution in [2.45, 2.75) is 6.61 Å². The van der Waals surface area contributed by atoms with E-state index in [9.17, 15) is 4.79 Å². The Labute approximate surface area is 140 Å². The van der Waals surface area contributed by atoms with Crippen LogP contribution in [0.25, 0.3) is 11.1 Å². The summed E-state index contributed by atoms with van der Waals surface area (Å²) in [4.78, 5) is 11.2. The molecular weight excluding hydrogens is 302 g/mol. The van der Waals surface area contributed by atoms with Crippen LogP contribution in [-0.4, -0.2) is 6.09 Å². The van der Waals surface area contributed by atoms with Crippen LogP contribution in [0.3, 0.4) is 0 Å². The molecular formula is C20H17NO3. The molecule has 0 aliphatic carbocycles. The van der Waals surface area contributed by atoms with Crippen molar-refractivity contribution < 1.29 is 14.3 Å². The Bertz CT molecular complexity index is 817. The fourth-order valence-corrected chi connectivity index (χ4v) is 2.43. The molecule has 4 nitrogen and oxygen atoms in total. The van der Waals surface area contributed by atoms with Crippen LogP contribution in [0.15, 0.2) is 78.9 Å². The van der Waals surface area contributed by atoms with Crippen molar-refractivity contribution in [2.24, 2.45) is 5.73 Å². The van der Waals surface area contributed by atoms with Crippen LogP contribution in [0, 0.1) is 0 Å². The molecule has 4 heteroatoms. The second-order valence-electron chi connectivity index (χ2n) is 5.19. The quantitative estimate of drug-likeness (QED) is 0.758. The van der Waals surface area contributed by atoms with Crippen LogP contribution in [0.4, 0.5) is 4.79 Å². The highest BCUT2D eigenvalue weighted by Crippen LogP contribution is 2.38. The van der Waals surface area contributed by atoms with Crippen LogP contribution in [0.1, 0.15) is 5.56 Å². The van der Waals surface area contributed by atoms with Gasteiger partial charge in [-0.2, -0.15) is 0 Å². The number of benzene rings is 3. The third-order valence-corrected chi connectivity index (χ3v) is 3.50. The van der Waals surface area contributed by atoms with Crippen molar-refractivity contribution in [1.29, 1.82) is 0 Å². The van der Waals surface area contributed by atoms with E-state index in [1.807, 2.05) is 66.7 Å². The van der Waals surface area contributed by atoms with Gasteiger partial charge in [-0.25, -0.2) is 4.79 Å². The van der Waals surface area contributed by atoms with Crippen molar-refractivity contribution in [2.75, 3.05) is 0 Å². The van der Waals surface area contributed by atoms with Crippen molar-refractivity contribution in [3.8, 4) is 22.6 Å². The number of para-hydroxylation sites is 1. The number of nitrogens with two attached hydrogens (primary N) is 1. The first-order chi connectivity index (χ1) is 11.7. The highest BCUT2D eigenvalue weighted by molar-refractivity contribution is 5.77. The smallest absolute Gasteiger partial charge is 0.410 e. The summed E-state index contributed by atoms with van der Waals surface area (Å²) in [5, 5.41) is 0. The number of hydrogen-bond acceptors (Lipinski definition) is 3. The van der Waals surface area contributed by atoms with Crippen molar-refractivity contribution in [1.82, 2.24) is 0 Å². The van der Waals surface area contributed by atoms with Crippen LogP contribution in [0.5, 0.6) is 11.5 Å². The number of rotatable bonds is 5. The summed E-state index contributed by atoms with van der Waals surface area (Å²) in [6.45, 7) is 0.361. The first-order valence-corrected chi connectivity index (χ1v) is 7.56. The topological polar surface area (TPSA) is 61.6 Å². The standard InChI is InChI=1S/C20H17NO3/c21-20(22)24-18-13-7-12-17(16-10-5-2-6-11-16)19(18)23-14-15-8-3-1-4-9-15/h1-13H,14H2,(H2,21,22). The van der Waals surface area contributed by atoms with Gasteiger partial charge in [0.05, 0.1) is 0 Å². The normalized spacial score (nSPS) is 10.2. The van der Waals surface area contributed by atoms with E-state index in [0.717, 1.165) is 16.7 Å². The fourth-order valence-electron chi connectivity index (χ4n) is 2.43. The van der Waals surface area contributed by atoms with Crippen LogP contribution < -0.4 is 15.2 Å². The lowest BCUT2D eigenvalue weighted by Crippen LogP contribution is -2.17. The second kappa shape index (κ2) is 7.33. The molecule has 0 aromatic heterocycles. The molecule has 0 radical (unpaired) electrons. The summed E-state index contributed by atoms with van der Waals surface area (Å²) in [5.74, 6) is 0.797. The number of carbonyl (C=O) groups excluding carboxylic acids is 1. The Morgan fingerprint density at radius 2 is 1.50 bits per heavy atom. The average molecular weight is 319 g/mol. The Kier molecular flexibility index (Phi) is 4.77. The molecule has 0 saturated heterocycles. The zero-order chi connectivity index (χ0) is 16.8. The summed E-state index contributed by atoms with van der Waals surface area (Å²) in [6.07, 6.45) is -0.871. The van der Waals surface area contributed by atoms with Gasteiger partial charge in [-0.05, 0) is 17.2 Å². The summed E-state index contributed by atoms with van der Waals surface area (Å²) in [6, 6.07) is 24.9. The van der Waals surface area contributed by atoms with Gasteiger partial charge in [-0.15, -0.1) is 0 Å². The van der Waals surface area contributed by atoms with E-state index in [1.165, 1.54) is 0 Å². The molecule has 0 saturated carbocycles. The van der Waals surface area contributed by atoms with Gasteiger partial charge < -0.3 is 15.2 Å². The predicted molar refractivity (Wildman–Crippen MR) is 92.9 cm³/mol. The Morgan fingerprint density at radius 1 is 0.833 bits per heavy atom. The molecule has 0 aliphatic rings. The SMILES string of the molecule is NC(=O)Oc1cccc(-c2ccccc2)c1OCc1ccccc1. The highest BCUT2D eigenvalue weighted by Gasteiger charge is 2.15. The minimum absolute atomic E-state index is 0.305. The molecule has 120 valence electrons. The lowest BCUT2D eigenvalue weighted by Gasteiger charge is -2.15. The number of amides is 1. The molecule has 3 rings (SSSR count). The lowest BCUT2D eigenvalue weighted by molar-refractivity contribution is 0.206. The molecule has 0 unspecified atom stereocenters. The molecule has 1 amide bonds. The van der Waals surface area contributed by atoms with E-state index >= 15 is 0 Å². The Morgan fingerprint density at radius 3 is 2.17 bits per heavy atom. The summed E-state index contributed by atoms with van der Waals surface area (Å²) >= 11 is 0. The fraction of sp³-hybridized carbons (Fsp3) is 0.0500. The summed E-state index contributed by atoms with van der Waals surface area (Å²) in [5.41, 5.74) is 8.00. The minimum Gasteiger partial charge on any atom is -0.484 e. The van der Waals surface area contributed by atoms with E-state index in [4.69, 9.17) is 15.2 Å². The molecule has 0 bridgehead atoms. The zero-order valence-corrected chi connectivity index (χ0v) is 13.0. The van der Waals surface area contributed by atoms with Gasteiger partial charge in [-0.1, -0.05) is 72.8 Å². The largest absolute Gasteiger partial charge is 0.484 e. The van der Waals surface area contributed by atoms with Crippen molar-refractivity contribution in [3.05, 3.63) is 84.4 Å². The predicted octanol–water partition coefficient (Wildman–Crippen LogP) is 4.39. The van der Waals surface area contributed by atoms with Gasteiger partial charge in [0.1, 0.15) is 6.61 Å². The molecule has 24 heavy (non-hydrogen) atoms. The third-order valence-electron chi connectivity index (χ3n) is 3.50. The van der Waals surface area contributed by atoms with Crippen LogP contribution in [-0.2, 0) is 6.61 Å². The maximum atomic E-state index is 11.2. The van der Waals surface area contributed by atoms with Gasteiger partial charge in [0.15, 0.2) is 11.5 Å². The van der Waals surface area contributed by atoms with Gasteiger partial charge >= 0.3 is 6.09 Å². The number of primary amides is 1. The molecule has 0 atom stereocenters. The van der Waals surface area contributed by atoms with Gasteiger partial charge in [0, 0.05) is 5.56 Å². The monoisotopic (exact) mass is 319 g/mol. The number of carbonyl (C=O) groups is 1. The first kappa shape index (κ1) is 15.6. The first-order valence-electron chi connectivity index (χ1n) is 7.56. The summed E-state index contributed by atoms with van der Waals surface area (Å²) in [7, 11) is 0. The van der Waals surface area contributed by atoms with Gasteiger partial charge in [0.25, 0.3) is 0 Å². The number of ether oxygens (including phenoxy) is 2. The van der Waals surface area contributed by atoms with E-state index in [1.54, 1.807) is 12.1 Å². The average Bonchev–Trinajstić information content (AvgIpc) is 2.61. The van der Waals surface area contributed by atoms with E-state index in [2.05, 4.69) is 0 Å². The molecule has 0 fully saturated rings. The van der Waals surface area contributed by atoms with Crippen molar-refractivity contribution >= 4 is 6.09 Å². The Balaban J connectivity index is 1.97. The maximum Gasteiger partial charge on any atom is 0.410 e. The Hall–Kier alpha value is -3.27. The van der Waals surface area contributed by atoms with E-state index in [0.29, 0.717) is 18.1 Å². The minimum atomic E-state index is -0.871. The van der Waals surface area contributed by atoms with Gasteiger partial charge in [-0.3, -0.25) is 0 Å². The van der Waals surface area contributed by atoms with Crippen LogP contribution in [0.2, 0.25) is 0 Å². The molecule has 3 aromatic rings. The molecule has 0 aliphatic heterocycles. The second-order valence-corrected chi connectivity index (χ2v) is 5.19. The van der Waals surface area contributed by atoms with Gasteiger partial charge in [0.2, 0.25) is 0 Å². The molecule has 0 spiro atoms. The maximum absolute atomic E-state index is 11.2. The number of hydrogen-bond donors (Lipinski definition) is 1. The molecule has 3 aromatic carbocycles. The highest BCUT2D eigenvalue weighted by atomic mass is 16.6. The summed E-state index contributed by atoms with van der Waals surface area (Å²) < 4.78 is 11.1. The molecule has 2 N–H and O–H groups in total. The van der Waals surface area contributed by atoms with Crippen molar-refractivity contribution in [3.63, 3.8) is 0 Å². The third kappa shape index (κ3) is 3.73. The van der Waals surface area contributed by atoms with E-state index in [-0.39, 0.29) is 0 Å². The lowest BCUT2D eigenvalue weighted by atomic mass is 10.0. The molecule has 0 heterocycles. The van der Waals surface area contributed by atoms with E-state index < -0.39 is 6.09 Å². The zero-order valence-electron chi connectivity index (χ0n) is 13.0. The van der Waals surface area contributed by atoms with Crippen LogP contribution >= 0.6 is 0 Å².